The van der Waals surface area contributed by atoms with Crippen LogP contribution in [0, 0.1) is 6.92 Å². The number of pyridine rings is 1. The summed E-state index contributed by atoms with van der Waals surface area (Å²) in [7, 11) is 0. The third kappa shape index (κ3) is 4.09. The Morgan fingerprint density at radius 2 is 1.97 bits per heavy atom. The number of aryl methyl sites for hydroxylation is 1. The number of hydrogen-bond donors (Lipinski definition) is 2. The molecule has 5 heteroatoms. The summed E-state index contributed by atoms with van der Waals surface area (Å²) in [6, 6.07) is 13.7. The summed E-state index contributed by atoms with van der Waals surface area (Å²) >= 11 is 0. The second kappa shape index (κ2) is 8.55. The molecule has 2 aromatic carbocycles. The molecule has 0 radical (unpaired) electrons. The van der Waals surface area contributed by atoms with Crippen molar-refractivity contribution in [3.05, 3.63) is 70.4 Å². The number of ether oxygens (including phenoxy) is 1. The maximum Gasteiger partial charge on any atom is 0.337 e. The highest BCUT2D eigenvalue weighted by molar-refractivity contribution is 5.94. The molecule has 1 saturated carbocycles. The number of carboxylic acid groups (broad SMARTS) is 1. The van der Waals surface area contributed by atoms with E-state index in [0.717, 1.165) is 48.1 Å². The molecule has 5 rings (SSSR count). The minimum absolute atomic E-state index is 0.0677. The lowest BCUT2D eigenvalue weighted by Gasteiger charge is -2.26. The molecule has 0 bridgehead atoms. The lowest BCUT2D eigenvalue weighted by molar-refractivity contribution is 0.0698. The largest absolute Gasteiger partial charge is 0.478 e. The number of benzene rings is 2. The first-order valence-corrected chi connectivity index (χ1v) is 11.6. The Labute approximate surface area is 188 Å². The van der Waals surface area contributed by atoms with Crippen LogP contribution in [0.25, 0.3) is 10.9 Å². The van der Waals surface area contributed by atoms with Gasteiger partial charge < -0.3 is 15.2 Å². The van der Waals surface area contributed by atoms with Gasteiger partial charge in [-0.05, 0) is 80.5 Å². The van der Waals surface area contributed by atoms with Crippen LogP contribution in [0.15, 0.2) is 42.5 Å². The van der Waals surface area contributed by atoms with Gasteiger partial charge in [0.1, 0.15) is 0 Å². The van der Waals surface area contributed by atoms with Crippen LogP contribution >= 0.6 is 0 Å². The summed E-state index contributed by atoms with van der Waals surface area (Å²) in [5, 5.41) is 14.2. The average Bonchev–Trinajstić information content (AvgIpc) is 3.64. The zero-order valence-electron chi connectivity index (χ0n) is 18.7. The van der Waals surface area contributed by atoms with Crippen LogP contribution in [0.3, 0.4) is 0 Å². The van der Waals surface area contributed by atoms with Crippen molar-refractivity contribution >= 4 is 22.6 Å². The maximum absolute atomic E-state index is 11.7. The highest BCUT2D eigenvalue weighted by atomic mass is 16.5. The summed E-state index contributed by atoms with van der Waals surface area (Å²) in [6.45, 7) is 5.81. The van der Waals surface area contributed by atoms with Crippen LogP contribution in [0.1, 0.15) is 83.2 Å². The Bertz CT molecular complexity index is 1160. The number of nitrogens with zero attached hydrogens (tertiary/aromatic N) is 1. The van der Waals surface area contributed by atoms with Gasteiger partial charge >= 0.3 is 5.97 Å². The van der Waals surface area contributed by atoms with Gasteiger partial charge in [-0.2, -0.15) is 0 Å². The van der Waals surface area contributed by atoms with Gasteiger partial charge in [0.15, 0.2) is 0 Å². The fourth-order valence-corrected chi connectivity index (χ4v) is 4.94. The number of carbonyl (C=O) groups is 1. The number of aromatic carboxylic acids is 1. The molecule has 0 amide bonds. The fourth-order valence-electron chi connectivity index (χ4n) is 4.94. The molecule has 1 saturated heterocycles. The van der Waals surface area contributed by atoms with Crippen molar-refractivity contribution < 1.29 is 14.6 Å². The summed E-state index contributed by atoms with van der Waals surface area (Å²) in [6.07, 6.45) is 4.69. The molecule has 2 heterocycles. The van der Waals surface area contributed by atoms with Gasteiger partial charge in [-0.25, -0.2) is 4.79 Å². The standard InChI is InChI=1S/C27H30N2O3/c1-16-12-21(17(2)28-24-8-4-3-7-20(24)27(30)31)23-14-22(19-6-5-11-32-15-19)26(18-9-10-18)29-25(23)13-16/h3-4,7-8,12-14,17-19,28H,5-6,9-11,15H2,1-2H3,(H,30,31)/t17-,19+/m1/s1. The van der Waals surface area contributed by atoms with E-state index in [2.05, 4.69) is 37.4 Å². The molecule has 0 unspecified atom stereocenters. The van der Waals surface area contributed by atoms with E-state index in [9.17, 15) is 9.90 Å². The number of para-hydroxylation sites is 1. The van der Waals surface area contributed by atoms with E-state index >= 15 is 0 Å². The number of hydrogen-bond acceptors (Lipinski definition) is 4. The zero-order valence-corrected chi connectivity index (χ0v) is 18.7. The smallest absolute Gasteiger partial charge is 0.337 e. The number of fused-ring (bicyclic) bond motifs is 1. The lowest BCUT2D eigenvalue weighted by atomic mass is 9.88. The SMILES string of the molecule is Cc1cc([C@@H](C)Nc2ccccc2C(=O)O)c2cc([C@H]3CCCOC3)c(C3CC3)nc2c1. The van der Waals surface area contributed by atoms with E-state index in [-0.39, 0.29) is 11.6 Å². The number of nitrogens with one attached hydrogen (secondary N) is 1. The first-order valence-electron chi connectivity index (χ1n) is 11.6. The van der Waals surface area contributed by atoms with E-state index in [0.29, 0.717) is 17.5 Å². The highest BCUT2D eigenvalue weighted by Gasteiger charge is 2.31. The van der Waals surface area contributed by atoms with Gasteiger partial charge in [-0.1, -0.05) is 18.2 Å². The van der Waals surface area contributed by atoms with Crippen molar-refractivity contribution in [3.8, 4) is 0 Å². The Kier molecular flexibility index (Phi) is 5.60. The zero-order chi connectivity index (χ0) is 22.2. The number of anilines is 1. The van der Waals surface area contributed by atoms with E-state index in [1.54, 1.807) is 12.1 Å². The molecule has 2 atom stereocenters. The maximum atomic E-state index is 11.7. The van der Waals surface area contributed by atoms with Gasteiger partial charge in [0.25, 0.3) is 0 Å². The van der Waals surface area contributed by atoms with Crippen LogP contribution < -0.4 is 5.32 Å². The Balaban J connectivity index is 1.59. The fraction of sp³-hybridized carbons (Fsp3) is 0.407. The van der Waals surface area contributed by atoms with Crippen LogP contribution in [0.4, 0.5) is 5.69 Å². The van der Waals surface area contributed by atoms with Crippen molar-refractivity contribution in [1.29, 1.82) is 0 Å². The minimum Gasteiger partial charge on any atom is -0.478 e. The van der Waals surface area contributed by atoms with Gasteiger partial charge in [0.05, 0.1) is 17.7 Å². The van der Waals surface area contributed by atoms with Crippen molar-refractivity contribution in [1.82, 2.24) is 4.98 Å². The average molecular weight is 431 g/mol. The highest BCUT2D eigenvalue weighted by Crippen LogP contribution is 2.45. The molecular formula is C27H30N2O3. The molecule has 32 heavy (non-hydrogen) atoms. The topological polar surface area (TPSA) is 71.5 Å². The van der Waals surface area contributed by atoms with Crippen LogP contribution in [-0.2, 0) is 4.74 Å². The van der Waals surface area contributed by atoms with Gasteiger partial charge in [-0.15, -0.1) is 0 Å². The van der Waals surface area contributed by atoms with Crippen molar-refractivity contribution in [2.24, 2.45) is 0 Å². The number of carboxylic acids is 1. The van der Waals surface area contributed by atoms with E-state index < -0.39 is 5.97 Å². The van der Waals surface area contributed by atoms with Gasteiger partial charge in [0, 0.05) is 41.3 Å². The summed E-state index contributed by atoms with van der Waals surface area (Å²) < 4.78 is 5.82. The molecule has 166 valence electrons. The Hall–Kier alpha value is -2.92. The number of aromatic nitrogens is 1. The molecule has 1 aliphatic carbocycles. The Morgan fingerprint density at radius 1 is 1.16 bits per heavy atom. The van der Waals surface area contributed by atoms with E-state index in [4.69, 9.17) is 9.72 Å². The van der Waals surface area contributed by atoms with Crippen LogP contribution in [0.5, 0.6) is 0 Å². The quantitative estimate of drug-likeness (QED) is 0.488. The third-order valence-corrected chi connectivity index (χ3v) is 6.73. The lowest BCUT2D eigenvalue weighted by Crippen LogP contribution is -2.18. The molecule has 2 aliphatic rings. The van der Waals surface area contributed by atoms with Gasteiger partial charge in [-0.3, -0.25) is 4.98 Å². The normalized spacial score (nSPS) is 19.6. The molecule has 1 aliphatic heterocycles. The molecular weight excluding hydrogens is 400 g/mol. The molecule has 0 spiro atoms. The van der Waals surface area contributed by atoms with Crippen molar-refractivity contribution in [2.75, 3.05) is 18.5 Å². The predicted molar refractivity (Wildman–Crippen MR) is 127 cm³/mol. The van der Waals surface area contributed by atoms with E-state index in [1.807, 2.05) is 12.1 Å². The molecule has 2 fully saturated rings. The summed E-state index contributed by atoms with van der Waals surface area (Å²) in [4.78, 5) is 16.9. The third-order valence-electron chi connectivity index (χ3n) is 6.73. The molecule has 1 aromatic heterocycles. The minimum atomic E-state index is -0.926. The molecule has 3 aromatic rings. The van der Waals surface area contributed by atoms with Crippen LogP contribution in [0.2, 0.25) is 0 Å². The number of rotatable bonds is 6. The predicted octanol–water partition coefficient (Wildman–Crippen LogP) is 6.19. The molecule has 2 N–H and O–H groups in total. The molecule has 5 nitrogen and oxygen atoms in total. The Morgan fingerprint density at radius 3 is 2.69 bits per heavy atom. The first-order chi connectivity index (χ1) is 15.5. The second-order valence-corrected chi connectivity index (χ2v) is 9.29. The first kappa shape index (κ1) is 21.0. The monoisotopic (exact) mass is 430 g/mol. The summed E-state index contributed by atoms with van der Waals surface area (Å²) in [5.41, 5.74) is 6.87. The van der Waals surface area contributed by atoms with E-state index in [1.165, 1.54) is 24.1 Å². The summed E-state index contributed by atoms with van der Waals surface area (Å²) in [5.74, 6) is 0.0596. The second-order valence-electron chi connectivity index (χ2n) is 9.29. The van der Waals surface area contributed by atoms with Crippen molar-refractivity contribution in [3.63, 3.8) is 0 Å². The van der Waals surface area contributed by atoms with Crippen LogP contribution in [-0.4, -0.2) is 29.3 Å². The van der Waals surface area contributed by atoms with Gasteiger partial charge in [0.2, 0.25) is 0 Å². The van der Waals surface area contributed by atoms with Crippen molar-refractivity contribution in [2.45, 2.75) is 57.4 Å².